The summed E-state index contributed by atoms with van der Waals surface area (Å²) in [5, 5.41) is 1.02. The first kappa shape index (κ1) is 24.7. The molecule has 3 aromatic carbocycles. The summed E-state index contributed by atoms with van der Waals surface area (Å²) in [4.78, 5) is 0.417. The van der Waals surface area contributed by atoms with Crippen LogP contribution in [-0.4, -0.2) is 38.8 Å². The molecule has 0 spiro atoms. The van der Waals surface area contributed by atoms with Crippen LogP contribution in [0.5, 0.6) is 0 Å². The molecule has 5 rings (SSSR count). The topological polar surface area (TPSA) is 88.5 Å². The SMILES string of the molecule is Cc1ccc(S(=O)(=O)NC[C@H]2CN(S(=O)(=O)c3ccc(C)cc3)Cc3c2c2ccccc2n3C)cc1. The van der Waals surface area contributed by atoms with Crippen molar-refractivity contribution in [2.45, 2.75) is 36.1 Å². The number of sulfonamides is 2. The molecule has 0 amide bonds. The van der Waals surface area contributed by atoms with Crippen LogP contribution < -0.4 is 4.72 Å². The Morgan fingerprint density at radius 1 is 0.833 bits per heavy atom. The van der Waals surface area contributed by atoms with Gasteiger partial charge in [0.15, 0.2) is 0 Å². The molecule has 0 unspecified atom stereocenters. The molecule has 0 saturated heterocycles. The summed E-state index contributed by atoms with van der Waals surface area (Å²) in [5.74, 6) is -0.361. The van der Waals surface area contributed by atoms with Crippen LogP contribution in [0.2, 0.25) is 0 Å². The summed E-state index contributed by atoms with van der Waals surface area (Å²) in [7, 11) is -5.61. The van der Waals surface area contributed by atoms with E-state index < -0.39 is 20.0 Å². The van der Waals surface area contributed by atoms with Crippen LogP contribution in [0.4, 0.5) is 0 Å². The van der Waals surface area contributed by atoms with E-state index in [1.165, 1.54) is 4.31 Å². The van der Waals surface area contributed by atoms with E-state index in [-0.39, 0.29) is 35.3 Å². The minimum atomic E-state index is -3.78. The van der Waals surface area contributed by atoms with E-state index in [4.69, 9.17) is 0 Å². The van der Waals surface area contributed by atoms with Gasteiger partial charge in [0, 0.05) is 42.7 Å². The Labute approximate surface area is 212 Å². The summed E-state index contributed by atoms with van der Waals surface area (Å²) >= 11 is 0. The van der Waals surface area contributed by atoms with E-state index in [1.807, 2.05) is 49.7 Å². The quantitative estimate of drug-likeness (QED) is 0.413. The monoisotopic (exact) mass is 523 g/mol. The van der Waals surface area contributed by atoms with Gasteiger partial charge in [-0.15, -0.1) is 0 Å². The molecule has 4 aromatic rings. The first-order valence-corrected chi connectivity index (χ1v) is 14.7. The first-order valence-electron chi connectivity index (χ1n) is 11.8. The minimum Gasteiger partial charge on any atom is -0.346 e. The molecule has 9 heteroatoms. The minimum absolute atomic E-state index is 0.0805. The third kappa shape index (κ3) is 4.37. The summed E-state index contributed by atoms with van der Waals surface area (Å²) in [5.41, 5.74) is 4.81. The molecule has 0 saturated carbocycles. The molecular formula is C27H29N3O4S2. The lowest BCUT2D eigenvalue weighted by Gasteiger charge is -2.33. The van der Waals surface area contributed by atoms with Gasteiger partial charge < -0.3 is 4.57 Å². The maximum atomic E-state index is 13.6. The summed E-state index contributed by atoms with van der Waals surface area (Å²) in [6.07, 6.45) is 0. The lowest BCUT2D eigenvalue weighted by atomic mass is 9.93. The molecule has 0 fully saturated rings. The summed E-state index contributed by atoms with van der Waals surface area (Å²) < 4.78 is 59.5. The number of benzene rings is 3. The standard InChI is InChI=1S/C27H29N3O4S2/c1-19-8-12-22(13-9-19)35(31,32)28-16-21-17-30(36(33,34)23-14-10-20(2)11-15-23)18-26-27(21)24-6-4-5-7-25(24)29(26)3/h4-15,21,28H,16-18H2,1-3H3/t21-/m0/s1. The number of nitrogens with zero attached hydrogens (tertiary/aromatic N) is 2. The van der Waals surface area contributed by atoms with Gasteiger partial charge in [-0.05, 0) is 49.7 Å². The van der Waals surface area contributed by atoms with E-state index in [1.54, 1.807) is 48.5 Å². The highest BCUT2D eigenvalue weighted by Crippen LogP contribution is 2.38. The lowest BCUT2D eigenvalue weighted by molar-refractivity contribution is 0.346. The molecule has 1 aliphatic rings. The highest BCUT2D eigenvalue weighted by Gasteiger charge is 2.37. The van der Waals surface area contributed by atoms with E-state index >= 15 is 0 Å². The third-order valence-corrected chi connectivity index (χ3v) is 10.2. The highest BCUT2D eigenvalue weighted by atomic mass is 32.2. The van der Waals surface area contributed by atoms with Crippen LogP contribution in [0.3, 0.4) is 0 Å². The van der Waals surface area contributed by atoms with Gasteiger partial charge >= 0.3 is 0 Å². The van der Waals surface area contributed by atoms with Gasteiger partial charge in [-0.25, -0.2) is 21.6 Å². The number of aryl methyl sites for hydroxylation is 3. The van der Waals surface area contributed by atoms with E-state index in [2.05, 4.69) is 4.72 Å². The molecular weight excluding hydrogens is 494 g/mol. The molecule has 36 heavy (non-hydrogen) atoms. The normalized spacial score (nSPS) is 16.8. The largest absolute Gasteiger partial charge is 0.346 e. The molecule has 2 heterocycles. The third-order valence-electron chi connectivity index (χ3n) is 6.94. The number of nitrogens with one attached hydrogen (secondary N) is 1. The van der Waals surface area contributed by atoms with Crippen molar-refractivity contribution in [3.8, 4) is 0 Å². The summed E-state index contributed by atoms with van der Waals surface area (Å²) in [6.45, 7) is 4.29. The smallest absolute Gasteiger partial charge is 0.243 e. The van der Waals surface area contributed by atoms with Crippen molar-refractivity contribution in [2.75, 3.05) is 13.1 Å². The van der Waals surface area contributed by atoms with Gasteiger partial charge in [-0.3, -0.25) is 0 Å². The van der Waals surface area contributed by atoms with Gasteiger partial charge in [0.05, 0.1) is 16.3 Å². The van der Waals surface area contributed by atoms with Gasteiger partial charge in [0.25, 0.3) is 0 Å². The molecule has 0 aliphatic carbocycles. The Kier molecular flexibility index (Phi) is 6.28. The van der Waals surface area contributed by atoms with E-state index in [0.29, 0.717) is 0 Å². The van der Waals surface area contributed by atoms with Crippen molar-refractivity contribution in [3.05, 3.63) is 95.2 Å². The molecule has 188 valence electrons. The molecule has 7 nitrogen and oxygen atoms in total. The Hall–Kier alpha value is -2.98. The fourth-order valence-electron chi connectivity index (χ4n) is 4.91. The van der Waals surface area contributed by atoms with Gasteiger partial charge in [-0.2, -0.15) is 4.31 Å². The van der Waals surface area contributed by atoms with Crippen LogP contribution in [0.1, 0.15) is 28.3 Å². The number of rotatable bonds is 6. The predicted molar refractivity (Wildman–Crippen MR) is 141 cm³/mol. The van der Waals surface area contributed by atoms with Crippen molar-refractivity contribution in [1.29, 1.82) is 0 Å². The molecule has 1 N–H and O–H groups in total. The van der Waals surface area contributed by atoms with Crippen molar-refractivity contribution in [3.63, 3.8) is 0 Å². The average molecular weight is 524 g/mol. The van der Waals surface area contributed by atoms with Crippen LogP contribution in [-0.2, 0) is 33.6 Å². The van der Waals surface area contributed by atoms with Crippen LogP contribution in [0, 0.1) is 13.8 Å². The number of fused-ring (bicyclic) bond motifs is 3. The first-order chi connectivity index (χ1) is 17.1. The predicted octanol–water partition coefficient (Wildman–Crippen LogP) is 4.06. The van der Waals surface area contributed by atoms with Crippen molar-refractivity contribution < 1.29 is 16.8 Å². The fourth-order valence-corrected chi connectivity index (χ4v) is 7.44. The Morgan fingerprint density at radius 2 is 1.42 bits per heavy atom. The zero-order valence-electron chi connectivity index (χ0n) is 20.5. The number of aromatic nitrogens is 1. The highest BCUT2D eigenvalue weighted by molar-refractivity contribution is 7.89. The molecule has 1 aliphatic heterocycles. The average Bonchev–Trinajstić information content (AvgIpc) is 3.15. The number of hydrogen-bond acceptors (Lipinski definition) is 4. The van der Waals surface area contributed by atoms with Crippen LogP contribution in [0.15, 0.2) is 82.6 Å². The number of hydrogen-bond donors (Lipinski definition) is 1. The second-order valence-electron chi connectivity index (χ2n) is 9.41. The summed E-state index contributed by atoms with van der Waals surface area (Å²) in [6, 6.07) is 21.4. The van der Waals surface area contributed by atoms with Crippen molar-refractivity contribution in [1.82, 2.24) is 13.6 Å². The Balaban J connectivity index is 1.54. The zero-order chi connectivity index (χ0) is 25.7. The second kappa shape index (κ2) is 9.15. The van der Waals surface area contributed by atoms with Crippen LogP contribution in [0.25, 0.3) is 10.9 Å². The molecule has 0 radical (unpaired) electrons. The van der Waals surface area contributed by atoms with E-state index in [0.717, 1.165) is 33.3 Å². The molecule has 0 bridgehead atoms. The maximum Gasteiger partial charge on any atom is 0.243 e. The van der Waals surface area contributed by atoms with E-state index in [9.17, 15) is 16.8 Å². The molecule has 1 aromatic heterocycles. The molecule has 1 atom stereocenters. The Morgan fingerprint density at radius 3 is 2.06 bits per heavy atom. The van der Waals surface area contributed by atoms with Gasteiger partial charge in [0.2, 0.25) is 20.0 Å². The number of para-hydroxylation sites is 1. The lowest BCUT2D eigenvalue weighted by Crippen LogP contribution is -2.42. The van der Waals surface area contributed by atoms with Gasteiger partial charge in [0.1, 0.15) is 0 Å². The Bertz CT molecular complexity index is 1640. The van der Waals surface area contributed by atoms with Crippen molar-refractivity contribution in [2.24, 2.45) is 7.05 Å². The van der Waals surface area contributed by atoms with Crippen molar-refractivity contribution >= 4 is 30.9 Å². The van der Waals surface area contributed by atoms with Crippen LogP contribution >= 0.6 is 0 Å². The second-order valence-corrected chi connectivity index (χ2v) is 13.1. The maximum absolute atomic E-state index is 13.6. The fraction of sp³-hybridized carbons (Fsp3) is 0.259. The van der Waals surface area contributed by atoms with Gasteiger partial charge in [-0.1, -0.05) is 53.6 Å². The zero-order valence-corrected chi connectivity index (χ0v) is 22.1.